The van der Waals surface area contributed by atoms with Crippen molar-refractivity contribution in [2.75, 3.05) is 13.1 Å². The van der Waals surface area contributed by atoms with Crippen molar-refractivity contribution in [2.24, 2.45) is 5.92 Å². The molecule has 3 aliphatic heterocycles. The summed E-state index contributed by atoms with van der Waals surface area (Å²) in [6.07, 6.45) is 5.72. The molecule has 4 aliphatic rings. The summed E-state index contributed by atoms with van der Waals surface area (Å²) in [5, 5.41) is 5.66. The molecule has 0 bridgehead atoms. The first-order chi connectivity index (χ1) is 16.3. The lowest BCUT2D eigenvalue weighted by atomic mass is 9.88. The Kier molecular flexibility index (Phi) is 6.22. The third-order valence-corrected chi connectivity index (χ3v) is 7.91. The summed E-state index contributed by atoms with van der Waals surface area (Å²) in [5.41, 5.74) is 0.199. The van der Waals surface area contributed by atoms with Gasteiger partial charge in [0.2, 0.25) is 17.7 Å². The van der Waals surface area contributed by atoms with Crippen LogP contribution < -0.4 is 10.6 Å². The second-order valence-electron chi connectivity index (χ2n) is 9.76. The number of likely N-dealkylation sites (tertiary alicyclic amines) is 1. The molecule has 3 saturated heterocycles. The van der Waals surface area contributed by atoms with Gasteiger partial charge in [-0.15, -0.1) is 0 Å². The monoisotopic (exact) mass is 490 g/mol. The van der Waals surface area contributed by atoms with Crippen LogP contribution in [0.15, 0.2) is 18.2 Å². The van der Waals surface area contributed by atoms with Gasteiger partial charge in [0.25, 0.3) is 5.91 Å². The Morgan fingerprint density at radius 3 is 2.62 bits per heavy atom. The van der Waals surface area contributed by atoms with Crippen LogP contribution >= 0.6 is 11.6 Å². The third-order valence-electron chi connectivity index (χ3n) is 7.62. The molecule has 5 rings (SSSR count). The highest BCUT2D eigenvalue weighted by Crippen LogP contribution is 2.33. The lowest BCUT2D eigenvalue weighted by Gasteiger charge is -2.32. The van der Waals surface area contributed by atoms with E-state index >= 15 is 0 Å². The fourth-order valence-corrected chi connectivity index (χ4v) is 6.05. The van der Waals surface area contributed by atoms with Gasteiger partial charge in [0.1, 0.15) is 17.9 Å². The quantitative estimate of drug-likeness (QED) is 0.675. The molecule has 0 radical (unpaired) electrons. The first-order valence-corrected chi connectivity index (χ1v) is 12.4. The Morgan fingerprint density at radius 1 is 1.12 bits per heavy atom. The Labute approximate surface area is 202 Å². The first kappa shape index (κ1) is 23.1. The predicted molar refractivity (Wildman–Crippen MR) is 121 cm³/mol. The van der Waals surface area contributed by atoms with Gasteiger partial charge in [-0.05, 0) is 43.9 Å². The molecule has 4 fully saturated rings. The van der Waals surface area contributed by atoms with Crippen molar-refractivity contribution in [1.29, 1.82) is 0 Å². The van der Waals surface area contributed by atoms with E-state index < -0.39 is 29.8 Å². The number of carbonyl (C=O) groups is 4. The number of rotatable bonds is 3. The predicted octanol–water partition coefficient (Wildman–Crippen LogP) is 1.86. The molecule has 4 amide bonds. The largest absolute Gasteiger partial charge is 0.349 e. The summed E-state index contributed by atoms with van der Waals surface area (Å²) in [6, 6.07) is 1.47. The topological polar surface area (TPSA) is 98.8 Å². The van der Waals surface area contributed by atoms with E-state index in [9.17, 15) is 23.6 Å². The number of fused-ring (bicyclic) bond motifs is 2. The number of amides is 4. The van der Waals surface area contributed by atoms with E-state index in [1.54, 1.807) is 4.90 Å². The average Bonchev–Trinajstić information content (AvgIpc) is 3.43. The van der Waals surface area contributed by atoms with Crippen molar-refractivity contribution in [3.05, 3.63) is 34.6 Å². The SMILES string of the molecule is O=C(N[C@H]1C[C@@H]2C(=O)N[C@H]3CCN(C(=O)C4CCCCC4)[C@@H]3C(=O)N2C1)c1ccc(F)c(Cl)c1. The third kappa shape index (κ3) is 4.15. The van der Waals surface area contributed by atoms with Crippen LogP contribution in [0.2, 0.25) is 5.02 Å². The summed E-state index contributed by atoms with van der Waals surface area (Å²) >= 11 is 5.78. The van der Waals surface area contributed by atoms with Crippen LogP contribution in [0.3, 0.4) is 0 Å². The maximum atomic E-state index is 13.6. The van der Waals surface area contributed by atoms with E-state index in [1.807, 2.05) is 0 Å². The van der Waals surface area contributed by atoms with Crippen molar-refractivity contribution in [3.63, 3.8) is 0 Å². The van der Waals surface area contributed by atoms with E-state index in [2.05, 4.69) is 10.6 Å². The second-order valence-corrected chi connectivity index (χ2v) is 10.2. The van der Waals surface area contributed by atoms with Crippen LogP contribution in [0.4, 0.5) is 4.39 Å². The lowest BCUT2D eigenvalue weighted by molar-refractivity contribution is -0.147. The molecule has 0 unspecified atom stereocenters. The second kappa shape index (κ2) is 9.17. The molecule has 8 nitrogen and oxygen atoms in total. The molecule has 0 aromatic heterocycles. The molecule has 1 aromatic rings. The van der Waals surface area contributed by atoms with E-state index in [-0.39, 0.29) is 53.2 Å². The zero-order valence-corrected chi connectivity index (χ0v) is 19.5. The maximum Gasteiger partial charge on any atom is 0.251 e. The van der Waals surface area contributed by atoms with Crippen LogP contribution in [-0.4, -0.2) is 70.7 Å². The molecule has 1 aliphatic carbocycles. The number of halogens is 2. The number of hydrogen-bond donors (Lipinski definition) is 2. The summed E-state index contributed by atoms with van der Waals surface area (Å²) in [5.74, 6) is -1.60. The number of hydrogen-bond acceptors (Lipinski definition) is 4. The van der Waals surface area contributed by atoms with E-state index in [1.165, 1.54) is 17.0 Å². The minimum absolute atomic E-state index is 0.0190. The first-order valence-electron chi connectivity index (χ1n) is 12.0. The van der Waals surface area contributed by atoms with Gasteiger partial charge in [0, 0.05) is 30.6 Å². The molecule has 0 spiro atoms. The fraction of sp³-hybridized carbons (Fsp3) is 0.583. The van der Waals surface area contributed by atoms with Gasteiger partial charge in [0.15, 0.2) is 0 Å². The maximum absolute atomic E-state index is 13.6. The molecule has 2 N–H and O–H groups in total. The van der Waals surface area contributed by atoms with Crippen LogP contribution in [0, 0.1) is 11.7 Å². The zero-order chi connectivity index (χ0) is 24.0. The summed E-state index contributed by atoms with van der Waals surface area (Å²) in [7, 11) is 0. The molecule has 34 heavy (non-hydrogen) atoms. The molecular formula is C24H28ClFN4O4. The van der Waals surface area contributed by atoms with Gasteiger partial charge in [-0.1, -0.05) is 30.9 Å². The van der Waals surface area contributed by atoms with E-state index in [0.717, 1.165) is 38.2 Å². The highest BCUT2D eigenvalue weighted by Gasteiger charge is 2.53. The summed E-state index contributed by atoms with van der Waals surface area (Å²) in [6.45, 7) is 0.632. The molecular weight excluding hydrogens is 463 g/mol. The molecule has 10 heteroatoms. The summed E-state index contributed by atoms with van der Waals surface area (Å²) < 4.78 is 13.4. The van der Waals surface area contributed by atoms with Crippen LogP contribution in [-0.2, 0) is 14.4 Å². The molecule has 3 heterocycles. The van der Waals surface area contributed by atoms with Gasteiger partial charge < -0.3 is 20.4 Å². The minimum Gasteiger partial charge on any atom is -0.349 e. The zero-order valence-electron chi connectivity index (χ0n) is 18.8. The molecule has 1 saturated carbocycles. The number of carbonyl (C=O) groups excluding carboxylic acids is 4. The minimum atomic E-state index is -0.702. The molecule has 182 valence electrons. The van der Waals surface area contributed by atoms with Crippen LogP contribution in [0.5, 0.6) is 0 Å². The number of nitrogens with one attached hydrogen (secondary N) is 2. The molecule has 1 aromatic carbocycles. The van der Waals surface area contributed by atoms with Crippen LogP contribution in [0.1, 0.15) is 55.3 Å². The van der Waals surface area contributed by atoms with Crippen LogP contribution in [0.25, 0.3) is 0 Å². The number of nitrogens with zero attached hydrogens (tertiary/aromatic N) is 2. The van der Waals surface area contributed by atoms with Crippen molar-refractivity contribution in [2.45, 2.75) is 69.1 Å². The van der Waals surface area contributed by atoms with Gasteiger partial charge >= 0.3 is 0 Å². The Bertz CT molecular complexity index is 1030. The standard InChI is InChI=1S/C24H28ClFN4O4/c25-16-10-14(6-7-17(16)26)21(31)27-15-11-19-22(32)28-18-8-9-29(20(18)24(34)30(19)12-15)23(33)13-4-2-1-3-5-13/h6-7,10,13,15,18-20H,1-5,8-9,11-12H2,(H,27,31)(H,28,32)/t15-,18-,19+,20-/m0/s1. The fourth-order valence-electron chi connectivity index (χ4n) is 5.87. The highest BCUT2D eigenvalue weighted by molar-refractivity contribution is 6.31. The van der Waals surface area contributed by atoms with Gasteiger partial charge in [-0.25, -0.2) is 4.39 Å². The number of benzene rings is 1. The van der Waals surface area contributed by atoms with Gasteiger partial charge in [-0.2, -0.15) is 0 Å². The van der Waals surface area contributed by atoms with E-state index in [0.29, 0.717) is 13.0 Å². The summed E-state index contributed by atoms with van der Waals surface area (Å²) in [4.78, 5) is 55.7. The average molecular weight is 491 g/mol. The van der Waals surface area contributed by atoms with Crippen molar-refractivity contribution >= 4 is 35.2 Å². The van der Waals surface area contributed by atoms with Crippen molar-refractivity contribution in [3.8, 4) is 0 Å². The molecule has 4 atom stereocenters. The van der Waals surface area contributed by atoms with Crippen molar-refractivity contribution < 1.29 is 23.6 Å². The normalized spacial score (nSPS) is 29.4. The van der Waals surface area contributed by atoms with Crippen molar-refractivity contribution in [1.82, 2.24) is 20.4 Å². The smallest absolute Gasteiger partial charge is 0.251 e. The Balaban J connectivity index is 1.30. The van der Waals surface area contributed by atoms with E-state index in [4.69, 9.17) is 11.6 Å². The lowest BCUT2D eigenvalue weighted by Crippen LogP contribution is -2.53. The Morgan fingerprint density at radius 2 is 1.88 bits per heavy atom. The van der Waals surface area contributed by atoms with Gasteiger partial charge in [-0.3, -0.25) is 19.2 Å². The highest BCUT2D eigenvalue weighted by atomic mass is 35.5. The van der Waals surface area contributed by atoms with Gasteiger partial charge in [0.05, 0.1) is 11.1 Å². The Hall–Kier alpha value is -2.68.